The zero-order valence-corrected chi connectivity index (χ0v) is 19.6. The Kier molecular flexibility index (Phi) is 7.22. The van der Waals surface area contributed by atoms with Gasteiger partial charge in [-0.05, 0) is 62.2 Å². The van der Waals surface area contributed by atoms with Gasteiger partial charge in [-0.25, -0.2) is 4.98 Å². The summed E-state index contributed by atoms with van der Waals surface area (Å²) < 4.78 is 8.93. The number of halogens is 1. The Labute approximate surface area is 196 Å². The summed E-state index contributed by atoms with van der Waals surface area (Å²) in [7, 11) is 0. The van der Waals surface area contributed by atoms with Gasteiger partial charge < -0.3 is 14.6 Å². The molecule has 0 aliphatic rings. The number of aryl methyl sites for hydroxylation is 2. The fourth-order valence-corrected chi connectivity index (χ4v) is 4.00. The van der Waals surface area contributed by atoms with E-state index in [4.69, 9.17) is 9.72 Å². The molecule has 164 valence electrons. The van der Waals surface area contributed by atoms with Crippen LogP contribution in [0.4, 0.5) is 0 Å². The fraction of sp³-hybridized carbons (Fsp3) is 0.231. The van der Waals surface area contributed by atoms with Crippen LogP contribution < -0.4 is 10.1 Å². The highest BCUT2D eigenvalue weighted by molar-refractivity contribution is 9.10. The number of hydrogen-bond acceptors (Lipinski definition) is 3. The van der Waals surface area contributed by atoms with Crippen LogP contribution in [-0.4, -0.2) is 22.1 Å². The molecular formula is C26H26BrN3O2. The van der Waals surface area contributed by atoms with Crippen molar-refractivity contribution in [2.45, 2.75) is 32.9 Å². The van der Waals surface area contributed by atoms with Crippen LogP contribution in [0.15, 0.2) is 77.3 Å². The molecule has 1 amide bonds. The number of nitrogens with zero attached hydrogens (tertiary/aromatic N) is 2. The van der Waals surface area contributed by atoms with E-state index in [2.05, 4.69) is 50.9 Å². The summed E-state index contributed by atoms with van der Waals surface area (Å²) in [6, 6.07) is 23.6. The molecule has 0 unspecified atom stereocenters. The molecule has 0 saturated heterocycles. The maximum Gasteiger partial charge on any atom is 0.251 e. The zero-order valence-electron chi connectivity index (χ0n) is 18.1. The second-order valence-electron chi connectivity index (χ2n) is 7.73. The molecule has 1 aromatic heterocycles. The first-order valence-electron chi connectivity index (χ1n) is 10.8. The molecule has 0 atom stereocenters. The van der Waals surface area contributed by atoms with Gasteiger partial charge in [-0.2, -0.15) is 0 Å². The minimum Gasteiger partial charge on any atom is -0.494 e. The molecule has 0 aliphatic carbocycles. The average Bonchev–Trinajstić information content (AvgIpc) is 3.16. The second-order valence-corrected chi connectivity index (χ2v) is 8.65. The van der Waals surface area contributed by atoms with Crippen molar-refractivity contribution < 1.29 is 9.53 Å². The molecule has 0 aliphatic heterocycles. The van der Waals surface area contributed by atoms with Gasteiger partial charge in [-0.3, -0.25) is 4.79 Å². The highest BCUT2D eigenvalue weighted by Gasteiger charge is 2.12. The molecule has 4 rings (SSSR count). The average molecular weight is 492 g/mol. The van der Waals surface area contributed by atoms with Crippen molar-refractivity contribution in [3.63, 3.8) is 0 Å². The van der Waals surface area contributed by atoms with Crippen LogP contribution in [-0.2, 0) is 13.1 Å². The van der Waals surface area contributed by atoms with Gasteiger partial charge in [0.05, 0.1) is 24.2 Å². The van der Waals surface area contributed by atoms with E-state index in [1.165, 1.54) is 5.56 Å². The number of nitrogens with one attached hydrogen (secondary N) is 1. The van der Waals surface area contributed by atoms with Crippen molar-refractivity contribution in [3.8, 4) is 5.75 Å². The minimum absolute atomic E-state index is 0.114. The number of rotatable bonds is 9. The first kappa shape index (κ1) is 22.1. The van der Waals surface area contributed by atoms with Gasteiger partial charge in [0.15, 0.2) is 0 Å². The number of fused-ring (bicyclic) bond motifs is 1. The third-order valence-corrected chi connectivity index (χ3v) is 5.79. The van der Waals surface area contributed by atoms with Crippen LogP contribution in [0.2, 0.25) is 0 Å². The van der Waals surface area contributed by atoms with E-state index in [-0.39, 0.29) is 5.91 Å². The normalized spacial score (nSPS) is 10.9. The molecule has 0 radical (unpaired) electrons. The topological polar surface area (TPSA) is 56.1 Å². The molecule has 0 bridgehead atoms. The van der Waals surface area contributed by atoms with E-state index in [0.29, 0.717) is 18.7 Å². The van der Waals surface area contributed by atoms with Crippen LogP contribution in [0.5, 0.6) is 5.75 Å². The largest absolute Gasteiger partial charge is 0.494 e. The van der Waals surface area contributed by atoms with Gasteiger partial charge in [0.25, 0.3) is 5.91 Å². The number of aromatic nitrogens is 2. The van der Waals surface area contributed by atoms with Crippen LogP contribution in [0.25, 0.3) is 11.0 Å². The number of benzene rings is 3. The number of amides is 1. The molecule has 4 aromatic rings. The van der Waals surface area contributed by atoms with Crippen LogP contribution >= 0.6 is 15.9 Å². The smallest absolute Gasteiger partial charge is 0.251 e. The minimum atomic E-state index is -0.114. The Bertz CT molecular complexity index is 1200. The number of unbranched alkanes of at least 4 members (excludes halogenated alkanes) is 1. The third-order valence-electron chi connectivity index (χ3n) is 5.29. The van der Waals surface area contributed by atoms with Gasteiger partial charge in [0.2, 0.25) is 0 Å². The van der Waals surface area contributed by atoms with Gasteiger partial charge in [-0.15, -0.1) is 0 Å². The molecular weight excluding hydrogens is 466 g/mol. The van der Waals surface area contributed by atoms with Gasteiger partial charge in [-0.1, -0.05) is 51.8 Å². The molecule has 0 spiro atoms. The van der Waals surface area contributed by atoms with Crippen molar-refractivity contribution in [1.82, 2.24) is 14.9 Å². The first-order chi connectivity index (χ1) is 15.6. The van der Waals surface area contributed by atoms with Gasteiger partial charge in [0.1, 0.15) is 11.6 Å². The van der Waals surface area contributed by atoms with Gasteiger partial charge >= 0.3 is 0 Å². The van der Waals surface area contributed by atoms with E-state index in [0.717, 1.165) is 46.5 Å². The number of carbonyl (C=O) groups is 1. The lowest BCUT2D eigenvalue weighted by Crippen LogP contribution is -2.24. The van der Waals surface area contributed by atoms with Crippen LogP contribution in [0.3, 0.4) is 0 Å². The van der Waals surface area contributed by atoms with E-state index < -0.39 is 0 Å². The predicted octanol–water partition coefficient (Wildman–Crippen LogP) is 5.90. The Morgan fingerprint density at radius 2 is 1.84 bits per heavy atom. The summed E-state index contributed by atoms with van der Waals surface area (Å²) in [6.07, 6.45) is 1.89. The molecule has 6 heteroatoms. The lowest BCUT2D eigenvalue weighted by molar-refractivity contribution is 0.0949. The summed E-state index contributed by atoms with van der Waals surface area (Å²) >= 11 is 3.41. The first-order valence-corrected chi connectivity index (χ1v) is 11.6. The highest BCUT2D eigenvalue weighted by atomic mass is 79.9. The number of ether oxygens (including phenoxy) is 1. The molecule has 32 heavy (non-hydrogen) atoms. The Morgan fingerprint density at radius 1 is 1.03 bits per heavy atom. The van der Waals surface area contributed by atoms with Crippen molar-refractivity contribution in [1.29, 1.82) is 0 Å². The van der Waals surface area contributed by atoms with Crippen molar-refractivity contribution in [2.24, 2.45) is 0 Å². The summed E-state index contributed by atoms with van der Waals surface area (Å²) in [4.78, 5) is 17.3. The molecule has 1 heterocycles. The van der Waals surface area contributed by atoms with E-state index in [1.807, 2.05) is 48.5 Å². The Hall–Kier alpha value is -3.12. The SMILES string of the molecule is Cc1ccc(OCCCCn2c(CNC(=O)c3cccc(Br)c3)nc3ccccc32)cc1. The lowest BCUT2D eigenvalue weighted by atomic mass is 10.2. The quantitative estimate of drug-likeness (QED) is 0.296. The predicted molar refractivity (Wildman–Crippen MR) is 131 cm³/mol. The zero-order chi connectivity index (χ0) is 22.3. The summed E-state index contributed by atoms with van der Waals surface area (Å²) in [5, 5.41) is 3.00. The monoisotopic (exact) mass is 491 g/mol. The van der Waals surface area contributed by atoms with E-state index >= 15 is 0 Å². The maximum atomic E-state index is 12.6. The Balaban J connectivity index is 1.37. The molecule has 3 aromatic carbocycles. The number of carbonyl (C=O) groups excluding carboxylic acids is 1. The summed E-state index contributed by atoms with van der Waals surface area (Å²) in [6.45, 7) is 3.93. The molecule has 5 nitrogen and oxygen atoms in total. The molecule has 0 saturated carbocycles. The molecule has 1 N–H and O–H groups in total. The third kappa shape index (κ3) is 5.56. The van der Waals surface area contributed by atoms with Crippen molar-refractivity contribution >= 4 is 32.9 Å². The Morgan fingerprint density at radius 3 is 2.66 bits per heavy atom. The highest BCUT2D eigenvalue weighted by Crippen LogP contribution is 2.18. The lowest BCUT2D eigenvalue weighted by Gasteiger charge is -2.11. The van der Waals surface area contributed by atoms with E-state index in [9.17, 15) is 4.79 Å². The standard InChI is InChI=1S/C26H26BrN3O2/c1-19-11-13-22(14-12-19)32-16-5-4-15-30-24-10-3-2-9-23(24)29-25(30)18-28-26(31)20-7-6-8-21(27)17-20/h2-3,6-14,17H,4-5,15-16,18H2,1H3,(H,28,31). The molecule has 0 fully saturated rings. The van der Waals surface area contributed by atoms with Crippen LogP contribution in [0.1, 0.15) is 34.6 Å². The van der Waals surface area contributed by atoms with Crippen LogP contribution in [0, 0.1) is 6.92 Å². The van der Waals surface area contributed by atoms with Gasteiger partial charge in [0, 0.05) is 16.6 Å². The second kappa shape index (κ2) is 10.5. The maximum absolute atomic E-state index is 12.6. The fourth-order valence-electron chi connectivity index (χ4n) is 3.60. The van der Waals surface area contributed by atoms with E-state index in [1.54, 1.807) is 6.07 Å². The number of hydrogen-bond donors (Lipinski definition) is 1. The summed E-state index contributed by atoms with van der Waals surface area (Å²) in [5.41, 5.74) is 3.87. The van der Waals surface area contributed by atoms with Crippen molar-refractivity contribution in [2.75, 3.05) is 6.61 Å². The number of imidazole rings is 1. The number of para-hydroxylation sites is 2. The van der Waals surface area contributed by atoms with Crippen molar-refractivity contribution in [3.05, 3.63) is 94.2 Å². The summed E-state index contributed by atoms with van der Waals surface area (Å²) in [5.74, 6) is 1.64.